The number of rotatable bonds is 1. The van der Waals surface area contributed by atoms with Gasteiger partial charge in [-0.05, 0) is 18.6 Å². The van der Waals surface area contributed by atoms with E-state index in [1.165, 1.54) is 12.1 Å². The molecular weight excluding hydrogens is 297 g/mol. The third kappa shape index (κ3) is 3.51. The van der Waals surface area contributed by atoms with Gasteiger partial charge in [0.15, 0.2) is 0 Å². The van der Waals surface area contributed by atoms with Crippen LogP contribution in [0.1, 0.15) is 5.56 Å². The molecule has 0 spiro atoms. The minimum absolute atomic E-state index is 0. The van der Waals surface area contributed by atoms with E-state index in [-0.39, 0.29) is 73.8 Å². The standard InChI is InChI=1S/C7H8O3S.Cs/c1-6-4-2-3-5-7(6)11(8,9)10;/h2-5H,1H3,(H,8,9,10);/q;+1/p-1. The average Bonchev–Trinajstić information content (AvgIpc) is 1.86. The van der Waals surface area contributed by atoms with E-state index in [4.69, 9.17) is 0 Å². The quantitative estimate of drug-likeness (QED) is 0.559. The molecule has 5 heteroatoms. The second-order valence-electron chi connectivity index (χ2n) is 2.22. The summed E-state index contributed by atoms with van der Waals surface area (Å²) in [6.07, 6.45) is 0. The van der Waals surface area contributed by atoms with Crippen LogP contribution in [-0.2, 0) is 10.1 Å². The number of hydrogen-bond donors (Lipinski definition) is 0. The molecule has 0 heterocycles. The van der Waals surface area contributed by atoms with Gasteiger partial charge in [0.25, 0.3) is 0 Å². The third-order valence-electron chi connectivity index (χ3n) is 1.36. The van der Waals surface area contributed by atoms with Gasteiger partial charge in [0, 0.05) is 0 Å². The predicted octanol–water partition coefficient (Wildman–Crippen LogP) is -2.10. The second kappa shape index (κ2) is 5.16. The van der Waals surface area contributed by atoms with Crippen molar-refractivity contribution in [2.75, 3.05) is 0 Å². The molecule has 0 saturated carbocycles. The zero-order valence-corrected chi connectivity index (χ0v) is 14.0. The first-order valence-electron chi connectivity index (χ1n) is 3.03. The summed E-state index contributed by atoms with van der Waals surface area (Å²) in [5.74, 6) is 0. The van der Waals surface area contributed by atoms with E-state index >= 15 is 0 Å². The Morgan fingerprint density at radius 3 is 2.08 bits per heavy atom. The van der Waals surface area contributed by atoms with Crippen LogP contribution in [0, 0.1) is 6.92 Å². The maximum absolute atomic E-state index is 10.5. The first-order chi connectivity index (χ1) is 5.02. The molecule has 0 saturated heterocycles. The zero-order valence-electron chi connectivity index (χ0n) is 6.94. The first-order valence-corrected chi connectivity index (χ1v) is 4.44. The van der Waals surface area contributed by atoms with Gasteiger partial charge in [-0.2, -0.15) is 0 Å². The molecule has 60 valence electrons. The van der Waals surface area contributed by atoms with Gasteiger partial charge in [-0.25, -0.2) is 8.42 Å². The second-order valence-corrected chi connectivity index (χ2v) is 3.57. The van der Waals surface area contributed by atoms with Gasteiger partial charge < -0.3 is 4.55 Å². The van der Waals surface area contributed by atoms with Gasteiger partial charge in [-0.15, -0.1) is 0 Å². The molecule has 0 fully saturated rings. The monoisotopic (exact) mass is 304 g/mol. The van der Waals surface area contributed by atoms with Crippen LogP contribution in [0.25, 0.3) is 0 Å². The van der Waals surface area contributed by atoms with E-state index in [1.54, 1.807) is 19.1 Å². The van der Waals surface area contributed by atoms with Gasteiger partial charge in [0.1, 0.15) is 10.1 Å². The Labute approximate surface area is 131 Å². The Morgan fingerprint density at radius 1 is 1.25 bits per heavy atom. The predicted molar refractivity (Wildman–Crippen MR) is 39.1 cm³/mol. The van der Waals surface area contributed by atoms with Crippen LogP contribution in [0.4, 0.5) is 0 Å². The molecular formula is C7H7CsO3S. The molecule has 1 aromatic carbocycles. The Hall–Kier alpha value is 1.18. The van der Waals surface area contributed by atoms with Crippen molar-refractivity contribution >= 4 is 10.1 Å². The SMILES string of the molecule is Cc1ccccc1S(=O)(=O)[O-].[Cs+]. The molecule has 0 aromatic heterocycles. The van der Waals surface area contributed by atoms with Crippen LogP contribution in [0.5, 0.6) is 0 Å². The van der Waals surface area contributed by atoms with Crippen molar-refractivity contribution in [3.8, 4) is 0 Å². The van der Waals surface area contributed by atoms with Gasteiger partial charge in [-0.3, -0.25) is 0 Å². The van der Waals surface area contributed by atoms with Crippen LogP contribution in [0.3, 0.4) is 0 Å². The Kier molecular flexibility index (Phi) is 5.67. The minimum Gasteiger partial charge on any atom is -0.744 e. The summed E-state index contributed by atoms with van der Waals surface area (Å²) in [7, 11) is -4.28. The summed E-state index contributed by atoms with van der Waals surface area (Å²) >= 11 is 0. The van der Waals surface area contributed by atoms with Gasteiger partial charge >= 0.3 is 68.9 Å². The first kappa shape index (κ1) is 13.2. The molecule has 0 aliphatic rings. The van der Waals surface area contributed by atoms with E-state index in [0.717, 1.165) is 0 Å². The fourth-order valence-electron chi connectivity index (χ4n) is 0.837. The van der Waals surface area contributed by atoms with Crippen molar-refractivity contribution < 1.29 is 81.9 Å². The normalized spacial score (nSPS) is 10.5. The van der Waals surface area contributed by atoms with Crippen LogP contribution >= 0.6 is 0 Å². The van der Waals surface area contributed by atoms with Crippen LogP contribution in [0.15, 0.2) is 29.2 Å². The largest absolute Gasteiger partial charge is 1.00 e. The van der Waals surface area contributed by atoms with Crippen molar-refractivity contribution in [1.82, 2.24) is 0 Å². The summed E-state index contributed by atoms with van der Waals surface area (Å²) in [5, 5.41) is 0. The smallest absolute Gasteiger partial charge is 0.744 e. The fourth-order valence-corrected chi connectivity index (χ4v) is 1.54. The molecule has 0 radical (unpaired) electrons. The van der Waals surface area contributed by atoms with Crippen LogP contribution in [-0.4, -0.2) is 13.0 Å². The molecule has 1 rings (SSSR count). The van der Waals surface area contributed by atoms with Gasteiger partial charge in [0.05, 0.1) is 4.90 Å². The maximum Gasteiger partial charge on any atom is 1.00 e. The summed E-state index contributed by atoms with van der Waals surface area (Å²) in [5.41, 5.74) is 0.488. The average molecular weight is 304 g/mol. The van der Waals surface area contributed by atoms with E-state index < -0.39 is 10.1 Å². The topological polar surface area (TPSA) is 57.2 Å². The summed E-state index contributed by atoms with van der Waals surface area (Å²) < 4.78 is 31.5. The maximum atomic E-state index is 10.5. The Bertz CT molecular complexity index is 359. The molecule has 0 bridgehead atoms. The Morgan fingerprint density at radius 2 is 1.75 bits per heavy atom. The molecule has 3 nitrogen and oxygen atoms in total. The van der Waals surface area contributed by atoms with Crippen LogP contribution in [0.2, 0.25) is 0 Å². The van der Waals surface area contributed by atoms with Crippen molar-refractivity contribution in [2.24, 2.45) is 0 Å². The summed E-state index contributed by atoms with van der Waals surface area (Å²) in [6, 6.07) is 6.10. The molecule has 0 N–H and O–H groups in total. The van der Waals surface area contributed by atoms with Crippen molar-refractivity contribution in [3.63, 3.8) is 0 Å². The molecule has 0 amide bonds. The molecule has 0 aliphatic heterocycles. The molecule has 0 aliphatic carbocycles. The molecule has 0 atom stereocenters. The molecule has 0 unspecified atom stereocenters. The van der Waals surface area contributed by atoms with E-state index in [2.05, 4.69) is 0 Å². The van der Waals surface area contributed by atoms with E-state index in [9.17, 15) is 13.0 Å². The van der Waals surface area contributed by atoms with Gasteiger partial charge in [-0.1, -0.05) is 18.2 Å². The number of hydrogen-bond acceptors (Lipinski definition) is 3. The third-order valence-corrected chi connectivity index (χ3v) is 2.36. The minimum atomic E-state index is -4.28. The van der Waals surface area contributed by atoms with Crippen molar-refractivity contribution in [2.45, 2.75) is 11.8 Å². The van der Waals surface area contributed by atoms with Crippen LogP contribution < -0.4 is 68.9 Å². The summed E-state index contributed by atoms with van der Waals surface area (Å²) in [6.45, 7) is 1.59. The molecule has 12 heavy (non-hydrogen) atoms. The Balaban J connectivity index is 0.00000121. The number of aryl methyl sites for hydroxylation is 1. The fraction of sp³-hybridized carbons (Fsp3) is 0.143. The van der Waals surface area contributed by atoms with E-state index in [1.807, 2.05) is 0 Å². The summed E-state index contributed by atoms with van der Waals surface area (Å²) in [4.78, 5) is -0.139. The van der Waals surface area contributed by atoms with Crippen molar-refractivity contribution in [3.05, 3.63) is 29.8 Å². The number of benzene rings is 1. The van der Waals surface area contributed by atoms with Gasteiger partial charge in [0.2, 0.25) is 0 Å². The zero-order chi connectivity index (χ0) is 8.48. The van der Waals surface area contributed by atoms with E-state index in [0.29, 0.717) is 5.56 Å². The van der Waals surface area contributed by atoms with Crippen molar-refractivity contribution in [1.29, 1.82) is 0 Å². The molecule has 1 aromatic rings.